The first kappa shape index (κ1) is 29.7. The Labute approximate surface area is 182 Å². The second-order valence-corrected chi connectivity index (χ2v) is 6.48. The zero-order valence-corrected chi connectivity index (χ0v) is 19.4. The summed E-state index contributed by atoms with van der Waals surface area (Å²) >= 11 is -3.39. The minimum atomic E-state index is -2.09. The number of benzene rings is 2. The molecule has 0 saturated heterocycles. The van der Waals surface area contributed by atoms with Crippen LogP contribution in [0.25, 0.3) is 0 Å². The summed E-state index contributed by atoms with van der Waals surface area (Å²) in [6.07, 6.45) is 0. The van der Waals surface area contributed by atoms with Crippen LogP contribution in [0, 0.1) is 13.8 Å². The molecule has 2 aromatic rings. The number of aliphatic hydroxyl groups is 1. The van der Waals surface area contributed by atoms with Crippen LogP contribution in [0.1, 0.15) is 11.1 Å². The smallest absolute Gasteiger partial charge is 0.768 e. The summed E-state index contributed by atoms with van der Waals surface area (Å²) in [5.41, 5.74) is 2.22. The Morgan fingerprint density at radius 2 is 1.16 bits per heavy atom. The molecule has 0 aliphatic rings. The maximum Gasteiger partial charge on any atom is 1.00 e. The number of hydrogen-bond donors (Lipinski definition) is 1. The van der Waals surface area contributed by atoms with Crippen molar-refractivity contribution in [3.05, 3.63) is 59.7 Å². The summed E-state index contributed by atoms with van der Waals surface area (Å²) in [5, 5.41) is 7.00. The van der Waals surface area contributed by atoms with Gasteiger partial charge in [-0.25, -0.2) is 4.21 Å². The molecule has 9 heteroatoms. The minimum absolute atomic E-state index is 0. The Hall–Kier alpha value is -0.0900. The Kier molecular flexibility index (Phi) is 20.6. The molecular formula is C16H22ClNaO5S2. The van der Waals surface area contributed by atoms with Gasteiger partial charge in [-0.15, -0.1) is 12.4 Å². The summed E-state index contributed by atoms with van der Waals surface area (Å²) < 4.78 is 36.3. The van der Waals surface area contributed by atoms with Crippen molar-refractivity contribution >= 4 is 34.6 Å². The third-order valence-corrected chi connectivity index (χ3v) is 4.20. The monoisotopic (exact) mass is 416 g/mol. The van der Waals surface area contributed by atoms with Crippen LogP contribution in [0.2, 0.25) is 0 Å². The topological polar surface area (TPSA) is 86.7 Å². The number of aryl methyl sites for hydroxylation is 2. The van der Waals surface area contributed by atoms with Gasteiger partial charge in [0.2, 0.25) is 0 Å². The fraction of sp³-hybridized carbons (Fsp3) is 0.250. The number of hydrogen-bond acceptors (Lipinski definition) is 5. The van der Waals surface area contributed by atoms with Crippen molar-refractivity contribution in [1.82, 2.24) is 0 Å². The number of rotatable bonds is 3. The summed E-state index contributed by atoms with van der Waals surface area (Å²) in [7, 11) is 2.43. The van der Waals surface area contributed by atoms with Gasteiger partial charge in [0.05, 0.1) is 12.0 Å². The molecule has 1 N–H and O–H groups in total. The van der Waals surface area contributed by atoms with E-state index in [-0.39, 0.29) is 42.0 Å². The fourth-order valence-electron chi connectivity index (χ4n) is 1.39. The Balaban J connectivity index is -0.000000329. The van der Waals surface area contributed by atoms with Crippen LogP contribution in [-0.4, -0.2) is 32.3 Å². The molecule has 0 saturated carbocycles. The van der Waals surface area contributed by atoms with Crippen LogP contribution in [0.4, 0.5) is 0 Å². The molecule has 0 aliphatic heterocycles. The largest absolute Gasteiger partial charge is 1.00 e. The summed E-state index contributed by atoms with van der Waals surface area (Å²) in [4.78, 5) is 1.05. The normalized spacial score (nSPS) is 11.1. The van der Waals surface area contributed by atoms with Gasteiger partial charge in [0.15, 0.2) is 11.1 Å². The molecule has 25 heavy (non-hydrogen) atoms. The van der Waals surface area contributed by atoms with Gasteiger partial charge in [0, 0.05) is 12.0 Å². The zero-order valence-electron chi connectivity index (χ0n) is 14.9. The number of aliphatic hydroxyl groups excluding tert-OH is 1. The minimum Gasteiger partial charge on any atom is -0.768 e. The first-order chi connectivity index (χ1) is 10.9. The van der Waals surface area contributed by atoms with Gasteiger partial charge in [0.1, 0.15) is 0 Å². The van der Waals surface area contributed by atoms with Crippen molar-refractivity contribution in [2.75, 3.05) is 14.2 Å². The standard InChI is InChI=1S/C8H10O2S.C7H8O2S.CH4O.ClH.Na/c1-7-3-5-8(6-4-7)11(9)10-2;1-6-2-4-7(5-3-6)10(8)9;1-2;;/h3-6H,1-2H3;2-5H,1H3,(H,8,9);2H,1H3;1H;/q;;;;+1/p-1. The van der Waals surface area contributed by atoms with Gasteiger partial charge >= 0.3 is 29.6 Å². The van der Waals surface area contributed by atoms with Crippen LogP contribution in [-0.2, 0) is 26.3 Å². The summed E-state index contributed by atoms with van der Waals surface area (Å²) in [6, 6.07) is 14.1. The van der Waals surface area contributed by atoms with E-state index in [0.29, 0.717) is 9.79 Å². The van der Waals surface area contributed by atoms with Gasteiger partial charge in [0.25, 0.3) is 0 Å². The molecule has 0 aromatic heterocycles. The molecule has 2 aromatic carbocycles. The van der Waals surface area contributed by atoms with Crippen LogP contribution >= 0.6 is 12.4 Å². The van der Waals surface area contributed by atoms with E-state index in [2.05, 4.69) is 4.18 Å². The van der Waals surface area contributed by atoms with Crippen molar-refractivity contribution in [2.24, 2.45) is 0 Å². The molecule has 136 valence electrons. The van der Waals surface area contributed by atoms with Gasteiger partial charge in [-0.1, -0.05) is 35.4 Å². The molecular weight excluding hydrogens is 395 g/mol. The van der Waals surface area contributed by atoms with E-state index in [1.54, 1.807) is 36.4 Å². The van der Waals surface area contributed by atoms with E-state index in [0.717, 1.165) is 18.2 Å². The molecule has 0 radical (unpaired) electrons. The molecule has 0 spiro atoms. The summed E-state index contributed by atoms with van der Waals surface area (Å²) in [5.74, 6) is 0. The third-order valence-electron chi connectivity index (χ3n) is 2.58. The van der Waals surface area contributed by atoms with Crippen LogP contribution in [0.3, 0.4) is 0 Å². The Bertz CT molecular complexity index is 621. The number of halogens is 1. The molecule has 0 heterocycles. The molecule has 2 unspecified atom stereocenters. The van der Waals surface area contributed by atoms with Gasteiger partial charge < -0.3 is 9.66 Å². The first-order valence-electron chi connectivity index (χ1n) is 6.57. The molecule has 0 bridgehead atoms. The van der Waals surface area contributed by atoms with E-state index >= 15 is 0 Å². The molecule has 0 amide bonds. The van der Waals surface area contributed by atoms with Crippen LogP contribution in [0.5, 0.6) is 0 Å². The molecule has 2 rings (SSSR count). The van der Waals surface area contributed by atoms with Crippen molar-refractivity contribution in [2.45, 2.75) is 23.6 Å². The molecule has 2 atom stereocenters. The van der Waals surface area contributed by atoms with Gasteiger partial charge in [-0.2, -0.15) is 0 Å². The molecule has 5 nitrogen and oxygen atoms in total. The molecule has 0 aliphatic carbocycles. The SMILES string of the molecule is CO.COS(=O)c1ccc(C)cc1.Cc1ccc(S(=O)[O-])cc1.Cl.[Na+]. The fourth-order valence-corrected chi connectivity index (χ4v) is 2.30. The van der Waals surface area contributed by atoms with Crippen LogP contribution in [0.15, 0.2) is 58.3 Å². The summed E-state index contributed by atoms with van der Waals surface area (Å²) in [6.45, 7) is 3.90. The quantitative estimate of drug-likeness (QED) is 0.559. The van der Waals surface area contributed by atoms with Crippen molar-refractivity contribution in [3.8, 4) is 0 Å². The average Bonchev–Trinajstić information content (AvgIpc) is 2.57. The predicted octanol–water partition coefficient (Wildman–Crippen LogP) is -0.0687. The second-order valence-electron chi connectivity index (χ2n) is 4.26. The van der Waals surface area contributed by atoms with Crippen LogP contribution < -0.4 is 29.6 Å². The predicted molar refractivity (Wildman–Crippen MR) is 98.4 cm³/mol. The first-order valence-corrected chi connectivity index (χ1v) is 8.72. The van der Waals surface area contributed by atoms with Crippen molar-refractivity contribution in [1.29, 1.82) is 0 Å². The van der Waals surface area contributed by atoms with Crippen molar-refractivity contribution < 1.29 is 51.8 Å². The van der Waals surface area contributed by atoms with E-state index in [1.165, 1.54) is 7.11 Å². The zero-order chi connectivity index (χ0) is 17.8. The van der Waals surface area contributed by atoms with Gasteiger partial charge in [-0.3, -0.25) is 8.39 Å². The third kappa shape index (κ3) is 12.8. The second kappa shape index (κ2) is 17.3. The maximum atomic E-state index is 11.0. The average molecular weight is 417 g/mol. The van der Waals surface area contributed by atoms with Crippen molar-refractivity contribution in [3.63, 3.8) is 0 Å². The van der Waals surface area contributed by atoms with E-state index in [1.807, 2.05) is 26.0 Å². The van der Waals surface area contributed by atoms with E-state index < -0.39 is 22.2 Å². The van der Waals surface area contributed by atoms with E-state index in [9.17, 15) is 13.0 Å². The van der Waals surface area contributed by atoms with Gasteiger partial charge in [-0.05, 0) is 49.2 Å². The Morgan fingerprint density at radius 1 is 0.840 bits per heavy atom. The van der Waals surface area contributed by atoms with E-state index in [4.69, 9.17) is 5.11 Å². The molecule has 0 fully saturated rings. The Morgan fingerprint density at radius 3 is 1.44 bits per heavy atom. The maximum absolute atomic E-state index is 11.0.